The van der Waals surface area contributed by atoms with Gasteiger partial charge in [-0.15, -0.1) is 22.7 Å². The quantitative estimate of drug-likeness (QED) is 0.140. The first kappa shape index (κ1) is 31.7. The molecule has 49 heavy (non-hydrogen) atoms. The van der Waals surface area contributed by atoms with Gasteiger partial charge in [0, 0.05) is 22.5 Å². The van der Waals surface area contributed by atoms with Crippen LogP contribution < -0.4 is 10.6 Å². The number of aromatic nitrogens is 4. The minimum atomic E-state index is -0.122. The molecule has 0 radical (unpaired) electrons. The highest BCUT2D eigenvalue weighted by atomic mass is 32.1. The number of amides is 2. The minimum absolute atomic E-state index is 0.0858. The van der Waals surface area contributed by atoms with Gasteiger partial charge < -0.3 is 20.6 Å². The van der Waals surface area contributed by atoms with E-state index in [2.05, 4.69) is 30.6 Å². The average Bonchev–Trinajstić information content (AvgIpc) is 3.91. The van der Waals surface area contributed by atoms with E-state index in [-0.39, 0.29) is 11.8 Å². The second kappa shape index (κ2) is 13.7. The SMILES string of the molecule is Cc1cc(C)c(C(=O)Nc2ccc3nc(-c4cccs4)[nH]c3c2)c(C)c1.O=C(Nc1ccc2nc(-c3cccs3)[nH]c2c1)c1ccccc1. The Morgan fingerprint density at radius 1 is 0.592 bits per heavy atom. The number of carbonyl (C=O) groups excluding carboxylic acids is 2. The van der Waals surface area contributed by atoms with Crippen LogP contribution in [0.4, 0.5) is 11.4 Å². The fraction of sp³-hybridized carbons (Fsp3) is 0.0769. The molecule has 4 N–H and O–H groups in total. The van der Waals surface area contributed by atoms with Crippen LogP contribution in [0.1, 0.15) is 37.4 Å². The number of hydrogen-bond donors (Lipinski definition) is 4. The van der Waals surface area contributed by atoms with Crippen molar-refractivity contribution in [1.29, 1.82) is 0 Å². The summed E-state index contributed by atoms with van der Waals surface area (Å²) in [6.07, 6.45) is 0. The molecule has 0 aliphatic rings. The third kappa shape index (κ3) is 7.06. The van der Waals surface area contributed by atoms with E-state index in [4.69, 9.17) is 0 Å². The highest BCUT2D eigenvalue weighted by Gasteiger charge is 2.14. The minimum Gasteiger partial charge on any atom is -0.337 e. The van der Waals surface area contributed by atoms with Crippen LogP contribution in [0.2, 0.25) is 0 Å². The number of aromatic amines is 2. The largest absolute Gasteiger partial charge is 0.337 e. The molecule has 0 aliphatic carbocycles. The number of carbonyl (C=O) groups is 2. The number of nitrogens with one attached hydrogen (secondary N) is 4. The van der Waals surface area contributed by atoms with Gasteiger partial charge in [-0.05, 0) is 103 Å². The number of thiophene rings is 2. The zero-order chi connectivity index (χ0) is 33.9. The molecule has 0 atom stereocenters. The lowest BCUT2D eigenvalue weighted by Gasteiger charge is -2.11. The predicted molar refractivity (Wildman–Crippen MR) is 202 cm³/mol. The molecule has 8 rings (SSSR count). The Labute approximate surface area is 290 Å². The molecule has 2 amide bonds. The third-order valence-electron chi connectivity index (χ3n) is 7.93. The van der Waals surface area contributed by atoms with Crippen LogP contribution in [0.3, 0.4) is 0 Å². The van der Waals surface area contributed by atoms with Crippen molar-refractivity contribution >= 4 is 67.9 Å². The van der Waals surface area contributed by atoms with E-state index < -0.39 is 0 Å². The van der Waals surface area contributed by atoms with Crippen molar-refractivity contribution in [2.75, 3.05) is 10.6 Å². The summed E-state index contributed by atoms with van der Waals surface area (Å²) in [4.78, 5) is 43.0. The molecule has 0 unspecified atom stereocenters. The Morgan fingerprint density at radius 2 is 1.10 bits per heavy atom. The first-order valence-corrected chi connectivity index (χ1v) is 17.4. The summed E-state index contributed by atoms with van der Waals surface area (Å²) in [5.74, 6) is 1.49. The Bertz CT molecular complexity index is 2390. The standard InChI is InChI=1S/C21H19N3OS.C18H13N3OS/c1-12-9-13(2)19(14(3)10-12)21(25)22-15-6-7-16-17(11-15)24-20(23-16)18-5-4-8-26-18;22-18(12-5-2-1-3-6-12)19-13-8-9-14-15(11-13)21-17(20-14)16-7-4-10-23-16/h4-11H,1-3H3,(H,22,25)(H,23,24);1-11H,(H,19,22)(H,20,21). The number of fused-ring (bicyclic) bond motifs is 2. The number of hydrogen-bond acceptors (Lipinski definition) is 6. The van der Waals surface area contributed by atoms with Crippen LogP contribution >= 0.6 is 22.7 Å². The van der Waals surface area contributed by atoms with E-state index >= 15 is 0 Å². The molecular formula is C39H32N6O2S2. The van der Waals surface area contributed by atoms with Gasteiger partial charge in [-0.3, -0.25) is 9.59 Å². The van der Waals surface area contributed by atoms with Gasteiger partial charge >= 0.3 is 0 Å². The number of nitrogens with zero attached hydrogens (tertiary/aromatic N) is 2. The lowest BCUT2D eigenvalue weighted by molar-refractivity contribution is 0.101. The fourth-order valence-electron chi connectivity index (χ4n) is 5.76. The Hall–Kier alpha value is -5.84. The van der Waals surface area contributed by atoms with Crippen molar-refractivity contribution in [3.63, 3.8) is 0 Å². The van der Waals surface area contributed by atoms with Crippen molar-refractivity contribution in [1.82, 2.24) is 19.9 Å². The van der Waals surface area contributed by atoms with Crippen LogP contribution in [0.5, 0.6) is 0 Å². The molecule has 10 heteroatoms. The van der Waals surface area contributed by atoms with Crippen LogP contribution in [0.25, 0.3) is 43.5 Å². The highest BCUT2D eigenvalue weighted by Crippen LogP contribution is 2.28. The number of H-pyrrole nitrogens is 2. The third-order valence-corrected chi connectivity index (χ3v) is 9.68. The number of benzene rings is 4. The molecule has 242 valence electrons. The molecule has 8 aromatic rings. The summed E-state index contributed by atoms with van der Waals surface area (Å²) >= 11 is 3.28. The first-order valence-electron chi connectivity index (χ1n) is 15.6. The average molecular weight is 681 g/mol. The topological polar surface area (TPSA) is 116 Å². The smallest absolute Gasteiger partial charge is 0.256 e. The monoisotopic (exact) mass is 680 g/mol. The Morgan fingerprint density at radius 3 is 1.59 bits per heavy atom. The zero-order valence-electron chi connectivity index (χ0n) is 27.0. The van der Waals surface area contributed by atoms with Gasteiger partial charge in [-0.25, -0.2) is 9.97 Å². The van der Waals surface area contributed by atoms with E-state index in [1.807, 2.05) is 123 Å². The molecule has 4 heterocycles. The second-order valence-electron chi connectivity index (χ2n) is 11.6. The predicted octanol–water partition coefficient (Wildman–Crippen LogP) is 10.0. The lowest BCUT2D eigenvalue weighted by atomic mass is 9.99. The van der Waals surface area contributed by atoms with Gasteiger partial charge in [-0.2, -0.15) is 0 Å². The molecule has 0 fully saturated rings. The number of rotatable bonds is 6. The second-order valence-corrected chi connectivity index (χ2v) is 13.5. The maximum atomic E-state index is 12.8. The molecule has 0 bridgehead atoms. The summed E-state index contributed by atoms with van der Waals surface area (Å²) in [7, 11) is 0. The molecule has 0 saturated carbocycles. The number of anilines is 2. The van der Waals surface area contributed by atoms with Crippen LogP contribution in [0, 0.1) is 20.8 Å². The van der Waals surface area contributed by atoms with Gasteiger partial charge in [0.1, 0.15) is 11.6 Å². The summed E-state index contributed by atoms with van der Waals surface area (Å²) in [5.41, 5.74) is 9.58. The van der Waals surface area contributed by atoms with Crippen molar-refractivity contribution in [3.8, 4) is 21.4 Å². The Balaban J connectivity index is 0.000000155. The Kier molecular flexibility index (Phi) is 8.89. The van der Waals surface area contributed by atoms with Gasteiger partial charge in [-0.1, -0.05) is 48.0 Å². The van der Waals surface area contributed by atoms with E-state index in [0.717, 1.165) is 77.1 Å². The molecule has 0 spiro atoms. The van der Waals surface area contributed by atoms with E-state index in [0.29, 0.717) is 5.56 Å². The van der Waals surface area contributed by atoms with E-state index in [1.165, 1.54) is 0 Å². The van der Waals surface area contributed by atoms with E-state index in [9.17, 15) is 9.59 Å². The normalized spacial score (nSPS) is 10.9. The zero-order valence-corrected chi connectivity index (χ0v) is 28.6. The van der Waals surface area contributed by atoms with Gasteiger partial charge in [0.25, 0.3) is 11.8 Å². The van der Waals surface area contributed by atoms with Crippen molar-refractivity contribution < 1.29 is 9.59 Å². The molecule has 8 nitrogen and oxygen atoms in total. The summed E-state index contributed by atoms with van der Waals surface area (Å²) < 4.78 is 0. The lowest BCUT2D eigenvalue weighted by Crippen LogP contribution is -2.15. The number of aryl methyl sites for hydroxylation is 3. The molecule has 4 aromatic heterocycles. The molecular weight excluding hydrogens is 649 g/mol. The van der Waals surface area contributed by atoms with Gasteiger partial charge in [0.2, 0.25) is 0 Å². The first-order chi connectivity index (χ1) is 23.8. The summed E-state index contributed by atoms with van der Waals surface area (Å²) in [5, 5.41) is 9.97. The molecule has 0 saturated heterocycles. The van der Waals surface area contributed by atoms with Crippen LogP contribution in [0.15, 0.2) is 114 Å². The van der Waals surface area contributed by atoms with Gasteiger partial charge in [0.15, 0.2) is 0 Å². The summed E-state index contributed by atoms with van der Waals surface area (Å²) in [6, 6.07) is 32.7. The van der Waals surface area contributed by atoms with Crippen molar-refractivity contribution in [2.24, 2.45) is 0 Å². The summed E-state index contributed by atoms with van der Waals surface area (Å²) in [6.45, 7) is 5.99. The molecule has 4 aromatic carbocycles. The van der Waals surface area contributed by atoms with Crippen molar-refractivity contribution in [3.05, 3.63) is 142 Å². The fourth-order valence-corrected chi connectivity index (χ4v) is 7.10. The van der Waals surface area contributed by atoms with Gasteiger partial charge in [0.05, 0.1) is 31.8 Å². The molecule has 0 aliphatic heterocycles. The highest BCUT2D eigenvalue weighted by molar-refractivity contribution is 7.13. The van der Waals surface area contributed by atoms with Crippen LogP contribution in [-0.2, 0) is 0 Å². The van der Waals surface area contributed by atoms with E-state index in [1.54, 1.807) is 34.8 Å². The maximum absolute atomic E-state index is 12.8. The van der Waals surface area contributed by atoms with Crippen LogP contribution in [-0.4, -0.2) is 31.8 Å². The maximum Gasteiger partial charge on any atom is 0.256 e. The van der Waals surface area contributed by atoms with Crippen molar-refractivity contribution in [2.45, 2.75) is 20.8 Å². The number of imidazole rings is 2.